The van der Waals surface area contributed by atoms with Gasteiger partial charge in [-0.25, -0.2) is 0 Å². The molecule has 0 saturated carbocycles. The molecular formula is C15H23NO3. The van der Waals surface area contributed by atoms with Crippen LogP contribution in [0.15, 0.2) is 24.3 Å². The second kappa shape index (κ2) is 7.14. The molecule has 0 aliphatic heterocycles. The van der Waals surface area contributed by atoms with Crippen LogP contribution in [-0.4, -0.2) is 26.2 Å². The van der Waals surface area contributed by atoms with E-state index in [1.165, 1.54) is 7.11 Å². The number of benzene rings is 1. The van der Waals surface area contributed by atoms with E-state index in [1.54, 1.807) is 7.11 Å². The number of hydrogen-bond donors (Lipinski definition) is 1. The smallest absolute Gasteiger partial charge is 0.323 e. The monoisotopic (exact) mass is 265 g/mol. The van der Waals surface area contributed by atoms with Crippen LogP contribution in [0, 0.1) is 5.92 Å². The predicted octanol–water partition coefficient (Wildman–Crippen LogP) is 2.54. The summed E-state index contributed by atoms with van der Waals surface area (Å²) in [5, 5.41) is 3.30. The van der Waals surface area contributed by atoms with E-state index in [0.717, 1.165) is 11.3 Å². The third-order valence-corrected chi connectivity index (χ3v) is 3.16. The van der Waals surface area contributed by atoms with Crippen LogP contribution in [0.5, 0.6) is 5.75 Å². The molecule has 0 fully saturated rings. The van der Waals surface area contributed by atoms with E-state index in [4.69, 9.17) is 9.47 Å². The second-order valence-corrected chi connectivity index (χ2v) is 4.88. The highest BCUT2D eigenvalue weighted by Gasteiger charge is 2.25. The predicted molar refractivity (Wildman–Crippen MR) is 75.2 cm³/mol. The zero-order valence-corrected chi connectivity index (χ0v) is 12.3. The maximum Gasteiger partial charge on any atom is 0.323 e. The number of rotatable bonds is 6. The van der Waals surface area contributed by atoms with E-state index < -0.39 is 0 Å². The Hall–Kier alpha value is -1.55. The van der Waals surface area contributed by atoms with Crippen molar-refractivity contribution in [1.82, 2.24) is 5.32 Å². The lowest BCUT2D eigenvalue weighted by Crippen LogP contribution is -2.43. The van der Waals surface area contributed by atoms with Crippen LogP contribution in [0.1, 0.15) is 32.4 Å². The first-order valence-corrected chi connectivity index (χ1v) is 6.48. The molecule has 0 heterocycles. The molecule has 1 rings (SSSR count). The molecule has 106 valence electrons. The van der Waals surface area contributed by atoms with Crippen LogP contribution in [0.3, 0.4) is 0 Å². The fourth-order valence-electron chi connectivity index (χ4n) is 2.04. The van der Waals surface area contributed by atoms with Gasteiger partial charge in [0.05, 0.1) is 14.2 Å². The Morgan fingerprint density at radius 2 is 1.79 bits per heavy atom. The number of carbonyl (C=O) groups excluding carboxylic acids is 1. The Labute approximate surface area is 115 Å². The first-order chi connectivity index (χ1) is 9.01. The van der Waals surface area contributed by atoms with Gasteiger partial charge in [0.15, 0.2) is 0 Å². The highest BCUT2D eigenvalue weighted by Crippen LogP contribution is 2.25. The number of nitrogens with one attached hydrogen (secondary N) is 1. The lowest BCUT2D eigenvalue weighted by Gasteiger charge is -2.25. The Bertz CT molecular complexity index is 418. The summed E-state index contributed by atoms with van der Waals surface area (Å²) >= 11 is 0. The van der Waals surface area contributed by atoms with Crippen molar-refractivity contribution in [3.8, 4) is 5.75 Å². The molecule has 1 N–H and O–H groups in total. The van der Waals surface area contributed by atoms with Gasteiger partial charge in [-0.1, -0.05) is 32.0 Å². The van der Waals surface area contributed by atoms with E-state index in [2.05, 4.69) is 5.32 Å². The zero-order chi connectivity index (χ0) is 14.4. The maximum absolute atomic E-state index is 11.8. The first-order valence-electron chi connectivity index (χ1n) is 6.48. The third kappa shape index (κ3) is 3.96. The van der Waals surface area contributed by atoms with Crippen molar-refractivity contribution < 1.29 is 14.3 Å². The summed E-state index contributed by atoms with van der Waals surface area (Å²) in [6, 6.07) is 7.46. The van der Waals surface area contributed by atoms with Crippen LogP contribution >= 0.6 is 0 Å². The highest BCUT2D eigenvalue weighted by molar-refractivity contribution is 5.76. The summed E-state index contributed by atoms with van der Waals surface area (Å²) in [5.74, 6) is 0.733. The number of ether oxygens (including phenoxy) is 2. The van der Waals surface area contributed by atoms with Crippen LogP contribution in [0.2, 0.25) is 0 Å². The van der Waals surface area contributed by atoms with Crippen molar-refractivity contribution in [2.24, 2.45) is 5.92 Å². The zero-order valence-electron chi connectivity index (χ0n) is 12.3. The number of para-hydroxylation sites is 1. The van der Waals surface area contributed by atoms with E-state index in [0.29, 0.717) is 0 Å². The Morgan fingerprint density at radius 3 is 2.32 bits per heavy atom. The molecule has 19 heavy (non-hydrogen) atoms. The highest BCUT2D eigenvalue weighted by atomic mass is 16.5. The third-order valence-electron chi connectivity index (χ3n) is 3.16. The van der Waals surface area contributed by atoms with Crippen molar-refractivity contribution in [3.05, 3.63) is 29.8 Å². The summed E-state index contributed by atoms with van der Waals surface area (Å²) in [4.78, 5) is 11.8. The standard InChI is InChI=1S/C15H23NO3/c1-10(2)14(15(17)19-5)16-11(3)12-8-6-7-9-13(12)18-4/h6-11,14,16H,1-5H3/t11?,14-/m0/s1. The molecule has 0 radical (unpaired) electrons. The van der Waals surface area contributed by atoms with Gasteiger partial charge in [-0.05, 0) is 18.9 Å². The van der Waals surface area contributed by atoms with Crippen molar-refractivity contribution in [1.29, 1.82) is 0 Å². The van der Waals surface area contributed by atoms with Gasteiger partial charge in [-0.3, -0.25) is 10.1 Å². The van der Waals surface area contributed by atoms with E-state index in [-0.39, 0.29) is 24.0 Å². The molecule has 4 nitrogen and oxygen atoms in total. The molecule has 0 aliphatic carbocycles. The average molecular weight is 265 g/mol. The minimum Gasteiger partial charge on any atom is -0.496 e. The van der Waals surface area contributed by atoms with Gasteiger partial charge >= 0.3 is 5.97 Å². The van der Waals surface area contributed by atoms with Crippen molar-refractivity contribution in [2.75, 3.05) is 14.2 Å². The topological polar surface area (TPSA) is 47.6 Å². The number of esters is 1. The molecule has 1 aromatic rings. The van der Waals surface area contributed by atoms with Crippen LogP contribution in [0.25, 0.3) is 0 Å². The Kier molecular flexibility index (Phi) is 5.83. The molecule has 0 saturated heterocycles. The summed E-state index contributed by atoms with van der Waals surface area (Å²) in [6.07, 6.45) is 0. The molecule has 4 heteroatoms. The van der Waals surface area contributed by atoms with Gasteiger partial charge < -0.3 is 9.47 Å². The molecule has 2 atom stereocenters. The minimum atomic E-state index is -0.329. The second-order valence-electron chi connectivity index (χ2n) is 4.88. The van der Waals surface area contributed by atoms with Crippen LogP contribution < -0.4 is 10.1 Å². The quantitative estimate of drug-likeness (QED) is 0.803. The molecule has 0 amide bonds. The summed E-state index contributed by atoms with van der Waals surface area (Å²) < 4.78 is 10.2. The fourth-order valence-corrected chi connectivity index (χ4v) is 2.04. The summed E-state index contributed by atoms with van der Waals surface area (Å²) in [7, 11) is 3.05. The normalized spacial score (nSPS) is 14.0. The van der Waals surface area contributed by atoms with Gasteiger partial charge in [0.1, 0.15) is 11.8 Å². The molecule has 0 aromatic heterocycles. The lowest BCUT2D eigenvalue weighted by molar-refractivity contribution is -0.144. The molecular weight excluding hydrogens is 242 g/mol. The molecule has 0 aliphatic rings. The van der Waals surface area contributed by atoms with Gasteiger partial charge in [-0.15, -0.1) is 0 Å². The largest absolute Gasteiger partial charge is 0.496 e. The fraction of sp³-hybridized carbons (Fsp3) is 0.533. The van der Waals surface area contributed by atoms with Crippen molar-refractivity contribution in [2.45, 2.75) is 32.9 Å². The molecule has 0 spiro atoms. The number of methoxy groups -OCH3 is 2. The van der Waals surface area contributed by atoms with E-state index in [1.807, 2.05) is 45.0 Å². The van der Waals surface area contributed by atoms with Crippen molar-refractivity contribution >= 4 is 5.97 Å². The number of hydrogen-bond acceptors (Lipinski definition) is 4. The Balaban J connectivity index is 2.87. The minimum absolute atomic E-state index is 0.00245. The molecule has 1 aromatic carbocycles. The first kappa shape index (κ1) is 15.5. The van der Waals surface area contributed by atoms with Gasteiger partial charge in [0.2, 0.25) is 0 Å². The van der Waals surface area contributed by atoms with Gasteiger partial charge in [0.25, 0.3) is 0 Å². The summed E-state index contributed by atoms with van der Waals surface area (Å²) in [6.45, 7) is 5.99. The average Bonchev–Trinajstić information content (AvgIpc) is 2.43. The van der Waals surface area contributed by atoms with Gasteiger partial charge in [0, 0.05) is 11.6 Å². The molecule has 0 bridgehead atoms. The van der Waals surface area contributed by atoms with Gasteiger partial charge in [-0.2, -0.15) is 0 Å². The van der Waals surface area contributed by atoms with Crippen LogP contribution in [-0.2, 0) is 9.53 Å². The van der Waals surface area contributed by atoms with E-state index in [9.17, 15) is 4.79 Å². The van der Waals surface area contributed by atoms with Crippen molar-refractivity contribution in [3.63, 3.8) is 0 Å². The SMILES string of the molecule is COC(=O)[C@@H](NC(C)c1ccccc1OC)C(C)C. The molecule has 1 unspecified atom stereocenters. The Morgan fingerprint density at radius 1 is 1.16 bits per heavy atom. The van der Waals surface area contributed by atoms with Crippen LogP contribution in [0.4, 0.5) is 0 Å². The maximum atomic E-state index is 11.8. The lowest BCUT2D eigenvalue weighted by atomic mass is 10.0. The van der Waals surface area contributed by atoms with E-state index >= 15 is 0 Å². The number of carbonyl (C=O) groups is 1. The summed E-state index contributed by atoms with van der Waals surface area (Å²) in [5.41, 5.74) is 1.03.